The largest absolute Gasteiger partial charge is 0.497 e. The van der Waals surface area contributed by atoms with Crippen LogP contribution >= 0.6 is 11.6 Å². The average molecular weight is 375 g/mol. The minimum Gasteiger partial charge on any atom is -0.497 e. The van der Waals surface area contributed by atoms with Gasteiger partial charge in [-0.25, -0.2) is 0 Å². The first-order valence-corrected chi connectivity index (χ1v) is 8.47. The van der Waals surface area contributed by atoms with Crippen molar-refractivity contribution in [1.29, 1.82) is 0 Å². The zero-order chi connectivity index (χ0) is 18.7. The SMILES string of the molecule is COc1ccc(NC(=O)C2(C(=O)Nc3ccc(Cl)cc3)CC2)c(OC)c1. The molecule has 0 unspecified atom stereocenters. The fourth-order valence-electron chi connectivity index (χ4n) is 2.61. The molecule has 136 valence electrons. The van der Waals surface area contributed by atoms with E-state index in [9.17, 15) is 9.59 Å². The maximum atomic E-state index is 12.7. The molecule has 0 aromatic heterocycles. The molecule has 0 aliphatic heterocycles. The molecule has 7 heteroatoms. The molecular weight excluding hydrogens is 356 g/mol. The first-order chi connectivity index (χ1) is 12.5. The van der Waals surface area contributed by atoms with Crippen molar-refractivity contribution < 1.29 is 19.1 Å². The van der Waals surface area contributed by atoms with Crippen molar-refractivity contribution in [2.24, 2.45) is 5.41 Å². The molecule has 26 heavy (non-hydrogen) atoms. The summed E-state index contributed by atoms with van der Waals surface area (Å²) in [6, 6.07) is 11.8. The highest BCUT2D eigenvalue weighted by Crippen LogP contribution is 2.48. The van der Waals surface area contributed by atoms with E-state index in [0.717, 1.165) is 0 Å². The monoisotopic (exact) mass is 374 g/mol. The number of ether oxygens (including phenoxy) is 2. The lowest BCUT2D eigenvalue weighted by Crippen LogP contribution is -2.35. The summed E-state index contributed by atoms with van der Waals surface area (Å²) in [5.41, 5.74) is 0.0225. The maximum Gasteiger partial charge on any atom is 0.240 e. The van der Waals surface area contributed by atoms with E-state index < -0.39 is 5.41 Å². The van der Waals surface area contributed by atoms with Crippen molar-refractivity contribution in [3.8, 4) is 11.5 Å². The van der Waals surface area contributed by atoms with E-state index in [-0.39, 0.29) is 11.8 Å². The van der Waals surface area contributed by atoms with E-state index >= 15 is 0 Å². The molecule has 0 spiro atoms. The van der Waals surface area contributed by atoms with Crippen LogP contribution in [0.3, 0.4) is 0 Å². The molecule has 0 atom stereocenters. The molecule has 1 fully saturated rings. The van der Waals surface area contributed by atoms with Gasteiger partial charge in [0, 0.05) is 16.8 Å². The Morgan fingerprint density at radius 1 is 0.962 bits per heavy atom. The fraction of sp³-hybridized carbons (Fsp3) is 0.263. The van der Waals surface area contributed by atoms with Gasteiger partial charge in [0.15, 0.2) is 0 Å². The number of amides is 2. The molecule has 1 aliphatic rings. The van der Waals surface area contributed by atoms with Gasteiger partial charge in [0.2, 0.25) is 11.8 Å². The van der Waals surface area contributed by atoms with Gasteiger partial charge in [0.1, 0.15) is 16.9 Å². The van der Waals surface area contributed by atoms with Crippen LogP contribution in [0.15, 0.2) is 42.5 Å². The van der Waals surface area contributed by atoms with Crippen molar-refractivity contribution in [2.75, 3.05) is 24.9 Å². The molecule has 0 heterocycles. The lowest BCUT2D eigenvalue weighted by atomic mass is 10.0. The highest BCUT2D eigenvalue weighted by Gasteiger charge is 2.56. The minimum absolute atomic E-state index is 0.329. The third kappa shape index (κ3) is 3.60. The van der Waals surface area contributed by atoms with Crippen LogP contribution in [0.4, 0.5) is 11.4 Å². The Labute approximate surface area is 156 Å². The van der Waals surface area contributed by atoms with Crippen LogP contribution in [0, 0.1) is 5.41 Å². The first-order valence-electron chi connectivity index (χ1n) is 8.09. The molecule has 1 aliphatic carbocycles. The summed E-state index contributed by atoms with van der Waals surface area (Å²) < 4.78 is 10.4. The first kappa shape index (κ1) is 18.1. The second-order valence-corrected chi connectivity index (χ2v) is 6.50. The zero-order valence-electron chi connectivity index (χ0n) is 14.5. The molecule has 2 N–H and O–H groups in total. The third-order valence-corrected chi connectivity index (χ3v) is 4.63. The van der Waals surface area contributed by atoms with Crippen LogP contribution in [0.25, 0.3) is 0 Å². The molecule has 2 amide bonds. The smallest absolute Gasteiger partial charge is 0.240 e. The van der Waals surface area contributed by atoms with Crippen LogP contribution < -0.4 is 20.1 Å². The van der Waals surface area contributed by atoms with E-state index in [1.54, 1.807) is 49.6 Å². The van der Waals surface area contributed by atoms with Gasteiger partial charge in [-0.05, 0) is 49.2 Å². The van der Waals surface area contributed by atoms with Gasteiger partial charge in [-0.3, -0.25) is 9.59 Å². The molecule has 2 aromatic carbocycles. The number of hydrogen-bond donors (Lipinski definition) is 2. The summed E-state index contributed by atoms with van der Waals surface area (Å²) in [5, 5.41) is 6.14. The van der Waals surface area contributed by atoms with Gasteiger partial charge in [0.25, 0.3) is 0 Å². The highest BCUT2D eigenvalue weighted by atomic mass is 35.5. The predicted molar refractivity (Wildman–Crippen MR) is 99.9 cm³/mol. The Hall–Kier alpha value is -2.73. The number of anilines is 2. The second-order valence-electron chi connectivity index (χ2n) is 6.06. The van der Waals surface area contributed by atoms with Gasteiger partial charge in [0.05, 0.1) is 19.9 Å². The Balaban J connectivity index is 1.72. The summed E-state index contributed by atoms with van der Waals surface area (Å²) >= 11 is 5.84. The van der Waals surface area contributed by atoms with E-state index in [1.807, 2.05) is 0 Å². The Bertz CT molecular complexity index is 832. The van der Waals surface area contributed by atoms with Crippen molar-refractivity contribution in [1.82, 2.24) is 0 Å². The Morgan fingerprint density at radius 3 is 2.19 bits per heavy atom. The van der Waals surface area contributed by atoms with E-state index in [2.05, 4.69) is 10.6 Å². The summed E-state index contributed by atoms with van der Waals surface area (Å²) in [6.07, 6.45) is 0.994. The lowest BCUT2D eigenvalue weighted by Gasteiger charge is -2.17. The second kappa shape index (κ2) is 7.25. The van der Waals surface area contributed by atoms with Gasteiger partial charge in [-0.15, -0.1) is 0 Å². The number of carbonyl (C=O) groups excluding carboxylic acids is 2. The van der Waals surface area contributed by atoms with Crippen molar-refractivity contribution in [3.05, 3.63) is 47.5 Å². The topological polar surface area (TPSA) is 76.7 Å². The number of methoxy groups -OCH3 is 2. The van der Waals surface area contributed by atoms with Gasteiger partial charge >= 0.3 is 0 Å². The zero-order valence-corrected chi connectivity index (χ0v) is 15.2. The van der Waals surface area contributed by atoms with Crippen LogP contribution in [0.1, 0.15) is 12.8 Å². The van der Waals surface area contributed by atoms with Gasteiger partial charge in [-0.1, -0.05) is 11.6 Å². The summed E-state index contributed by atoms with van der Waals surface area (Å²) in [7, 11) is 3.05. The molecule has 2 aromatic rings. The Kier molecular flexibility index (Phi) is 5.04. The number of halogens is 1. The quantitative estimate of drug-likeness (QED) is 0.755. The normalized spacial score (nSPS) is 14.3. The maximum absolute atomic E-state index is 12.7. The summed E-state index contributed by atoms with van der Waals surface area (Å²) in [6.45, 7) is 0. The molecule has 6 nitrogen and oxygen atoms in total. The molecule has 1 saturated carbocycles. The minimum atomic E-state index is -1.06. The number of nitrogens with one attached hydrogen (secondary N) is 2. The molecule has 0 radical (unpaired) electrons. The van der Waals surface area contributed by atoms with Gasteiger partial charge in [-0.2, -0.15) is 0 Å². The lowest BCUT2D eigenvalue weighted by molar-refractivity contribution is -0.131. The summed E-state index contributed by atoms with van der Waals surface area (Å²) in [5.74, 6) is 0.394. The van der Waals surface area contributed by atoms with E-state index in [1.165, 1.54) is 7.11 Å². The predicted octanol–water partition coefficient (Wildman–Crippen LogP) is 3.71. The number of rotatable bonds is 6. The molecule has 3 rings (SSSR count). The van der Waals surface area contributed by atoms with Crippen molar-refractivity contribution >= 4 is 34.8 Å². The standard InChI is InChI=1S/C19H19ClN2O4/c1-25-14-7-8-15(16(11-14)26-2)22-18(24)19(9-10-19)17(23)21-13-5-3-12(20)4-6-13/h3-8,11H,9-10H2,1-2H3,(H,21,23)(H,22,24). The third-order valence-electron chi connectivity index (χ3n) is 4.38. The van der Waals surface area contributed by atoms with Crippen LogP contribution in [-0.2, 0) is 9.59 Å². The van der Waals surface area contributed by atoms with Crippen molar-refractivity contribution in [3.63, 3.8) is 0 Å². The number of carbonyl (C=O) groups is 2. The van der Waals surface area contributed by atoms with E-state index in [4.69, 9.17) is 21.1 Å². The molecule has 0 saturated heterocycles. The number of hydrogen-bond acceptors (Lipinski definition) is 4. The van der Waals surface area contributed by atoms with Crippen LogP contribution in [-0.4, -0.2) is 26.0 Å². The highest BCUT2D eigenvalue weighted by molar-refractivity contribution is 6.30. The average Bonchev–Trinajstić information content (AvgIpc) is 3.46. The molecular formula is C19H19ClN2O4. The van der Waals surface area contributed by atoms with Gasteiger partial charge < -0.3 is 20.1 Å². The van der Waals surface area contributed by atoms with Crippen LogP contribution in [0.5, 0.6) is 11.5 Å². The number of benzene rings is 2. The summed E-state index contributed by atoms with van der Waals surface area (Å²) in [4.78, 5) is 25.3. The van der Waals surface area contributed by atoms with Crippen molar-refractivity contribution in [2.45, 2.75) is 12.8 Å². The molecule has 0 bridgehead atoms. The Morgan fingerprint density at radius 2 is 1.62 bits per heavy atom. The fourth-order valence-corrected chi connectivity index (χ4v) is 2.74. The van der Waals surface area contributed by atoms with Crippen LogP contribution in [0.2, 0.25) is 5.02 Å². The van der Waals surface area contributed by atoms with E-state index in [0.29, 0.717) is 40.7 Å².